The number of pyridine rings is 1. The average Bonchev–Trinajstić information content (AvgIpc) is 2.77. The number of carbonyl (C=O) groups is 1. The first-order valence-electron chi connectivity index (χ1n) is 10.0. The first-order valence-corrected chi connectivity index (χ1v) is 10.0. The molecule has 1 aromatic carbocycles. The number of nitrogens with one attached hydrogen (secondary N) is 2. The molecule has 1 aromatic heterocycles. The Hall–Kier alpha value is -2.84. The number of nitrogens with zero attached hydrogens (tertiary/aromatic N) is 1. The predicted molar refractivity (Wildman–Crippen MR) is 114 cm³/mol. The first-order chi connectivity index (χ1) is 14.5. The summed E-state index contributed by atoms with van der Waals surface area (Å²) in [4.78, 5) is 25.6. The Morgan fingerprint density at radius 1 is 1.27 bits per heavy atom. The number of aryl methyl sites for hydroxylation is 3. The van der Waals surface area contributed by atoms with E-state index in [1.54, 1.807) is 38.0 Å². The van der Waals surface area contributed by atoms with Crippen molar-refractivity contribution < 1.29 is 19.0 Å². The molecular formula is C22H29N3O5. The highest BCUT2D eigenvalue weighted by Gasteiger charge is 2.19. The second-order valence-corrected chi connectivity index (χ2v) is 7.22. The number of aromatic nitrogens is 1. The molecule has 8 heteroatoms. The van der Waals surface area contributed by atoms with E-state index >= 15 is 0 Å². The van der Waals surface area contributed by atoms with Crippen molar-refractivity contribution in [3.63, 3.8) is 0 Å². The van der Waals surface area contributed by atoms with Gasteiger partial charge in [0, 0.05) is 32.4 Å². The third-order valence-corrected chi connectivity index (χ3v) is 5.18. The molecule has 1 atom stereocenters. The van der Waals surface area contributed by atoms with Gasteiger partial charge in [-0.15, -0.1) is 0 Å². The van der Waals surface area contributed by atoms with E-state index < -0.39 is 0 Å². The van der Waals surface area contributed by atoms with Crippen molar-refractivity contribution in [2.75, 3.05) is 40.5 Å². The lowest BCUT2D eigenvalue weighted by Gasteiger charge is -2.23. The fourth-order valence-corrected chi connectivity index (χ4v) is 3.45. The number of amides is 1. The Morgan fingerprint density at radius 2 is 2.07 bits per heavy atom. The highest BCUT2D eigenvalue weighted by molar-refractivity contribution is 5.95. The minimum Gasteiger partial charge on any atom is -0.493 e. The quantitative estimate of drug-likeness (QED) is 0.672. The summed E-state index contributed by atoms with van der Waals surface area (Å²) >= 11 is 0. The van der Waals surface area contributed by atoms with Gasteiger partial charge in [-0.2, -0.15) is 0 Å². The summed E-state index contributed by atoms with van der Waals surface area (Å²) in [5.41, 5.74) is 1.54. The summed E-state index contributed by atoms with van der Waals surface area (Å²) in [6, 6.07) is 7.47. The van der Waals surface area contributed by atoms with E-state index in [2.05, 4.69) is 10.6 Å². The number of morpholine rings is 1. The fourth-order valence-electron chi connectivity index (χ4n) is 3.45. The summed E-state index contributed by atoms with van der Waals surface area (Å²) in [7, 11) is 3.18. The Balaban J connectivity index is 1.69. The molecule has 2 aromatic rings. The molecule has 8 nitrogen and oxygen atoms in total. The van der Waals surface area contributed by atoms with E-state index in [0.29, 0.717) is 49.7 Å². The SMILES string of the molecule is COc1ccc(CCn2ccc(C)c(C(=O)NCC3CNCCO3)c2=O)cc1OC. The van der Waals surface area contributed by atoms with Crippen molar-refractivity contribution in [3.05, 3.63) is 57.5 Å². The fraction of sp³-hybridized carbons (Fsp3) is 0.455. The van der Waals surface area contributed by atoms with Gasteiger partial charge in [-0.3, -0.25) is 9.59 Å². The lowest BCUT2D eigenvalue weighted by atomic mass is 10.1. The van der Waals surface area contributed by atoms with Crippen LogP contribution in [0.4, 0.5) is 0 Å². The van der Waals surface area contributed by atoms with Crippen molar-refractivity contribution in [1.82, 2.24) is 15.2 Å². The van der Waals surface area contributed by atoms with Crippen LogP contribution in [0.5, 0.6) is 11.5 Å². The molecule has 30 heavy (non-hydrogen) atoms. The van der Waals surface area contributed by atoms with Crippen molar-refractivity contribution in [1.29, 1.82) is 0 Å². The zero-order valence-electron chi connectivity index (χ0n) is 17.7. The van der Waals surface area contributed by atoms with E-state index in [1.807, 2.05) is 18.2 Å². The zero-order valence-corrected chi connectivity index (χ0v) is 17.7. The molecule has 2 heterocycles. The van der Waals surface area contributed by atoms with Crippen molar-refractivity contribution in [3.8, 4) is 11.5 Å². The second kappa shape index (κ2) is 10.3. The first kappa shape index (κ1) is 21.9. The van der Waals surface area contributed by atoms with Gasteiger partial charge in [0.1, 0.15) is 5.56 Å². The molecule has 1 amide bonds. The lowest BCUT2D eigenvalue weighted by Crippen LogP contribution is -2.46. The monoisotopic (exact) mass is 415 g/mol. The summed E-state index contributed by atoms with van der Waals surface area (Å²) < 4.78 is 17.8. The normalized spacial score (nSPS) is 16.2. The largest absolute Gasteiger partial charge is 0.493 e. The van der Waals surface area contributed by atoms with Gasteiger partial charge in [0.05, 0.1) is 26.9 Å². The average molecular weight is 415 g/mol. The molecular weight excluding hydrogens is 386 g/mol. The predicted octanol–water partition coefficient (Wildman–Crippen LogP) is 1.13. The molecule has 0 spiro atoms. The van der Waals surface area contributed by atoms with Crippen molar-refractivity contribution in [2.24, 2.45) is 0 Å². The molecule has 1 fully saturated rings. The van der Waals surface area contributed by atoms with Crippen molar-refractivity contribution in [2.45, 2.75) is 26.0 Å². The van der Waals surface area contributed by atoms with Gasteiger partial charge in [0.25, 0.3) is 11.5 Å². The molecule has 1 aliphatic heterocycles. The standard InChI is InChI=1S/C22H29N3O5/c1-15-6-9-25(10-7-16-4-5-18(28-2)19(12-16)29-3)22(27)20(15)21(26)24-14-17-13-23-8-11-30-17/h4-6,9,12,17,23H,7-8,10-11,13-14H2,1-3H3,(H,24,26). The van der Waals surface area contributed by atoms with Gasteiger partial charge in [-0.1, -0.05) is 6.07 Å². The molecule has 0 aliphatic carbocycles. The highest BCUT2D eigenvalue weighted by Crippen LogP contribution is 2.27. The van der Waals surface area contributed by atoms with Gasteiger partial charge < -0.3 is 29.4 Å². The molecule has 0 bridgehead atoms. The minimum absolute atomic E-state index is 0.0843. The van der Waals surface area contributed by atoms with Crippen LogP contribution in [0.2, 0.25) is 0 Å². The van der Waals surface area contributed by atoms with E-state index in [4.69, 9.17) is 14.2 Å². The van der Waals surface area contributed by atoms with Gasteiger partial charge in [-0.25, -0.2) is 0 Å². The maximum absolute atomic E-state index is 12.9. The van der Waals surface area contributed by atoms with Crippen LogP contribution < -0.4 is 25.7 Å². The van der Waals surface area contributed by atoms with E-state index in [9.17, 15) is 9.59 Å². The number of hydrogen-bond donors (Lipinski definition) is 2. The molecule has 3 rings (SSSR count). The molecule has 1 saturated heterocycles. The molecule has 0 saturated carbocycles. The zero-order chi connectivity index (χ0) is 21.5. The van der Waals surface area contributed by atoms with Crippen LogP contribution in [0.1, 0.15) is 21.5 Å². The summed E-state index contributed by atoms with van der Waals surface area (Å²) in [6.45, 7) is 4.70. The highest BCUT2D eigenvalue weighted by atomic mass is 16.5. The number of rotatable bonds is 8. The van der Waals surface area contributed by atoms with E-state index in [-0.39, 0.29) is 23.1 Å². The molecule has 1 unspecified atom stereocenters. The van der Waals surface area contributed by atoms with E-state index in [1.165, 1.54) is 0 Å². The lowest BCUT2D eigenvalue weighted by molar-refractivity contribution is 0.0287. The third kappa shape index (κ3) is 5.20. The van der Waals surface area contributed by atoms with Gasteiger partial charge in [-0.05, 0) is 42.7 Å². The molecule has 2 N–H and O–H groups in total. The van der Waals surface area contributed by atoms with Crippen LogP contribution in [0.15, 0.2) is 35.3 Å². The Morgan fingerprint density at radius 3 is 2.77 bits per heavy atom. The molecule has 162 valence electrons. The maximum atomic E-state index is 12.9. The van der Waals surface area contributed by atoms with Gasteiger partial charge in [0.2, 0.25) is 0 Å². The van der Waals surface area contributed by atoms with Gasteiger partial charge in [0.15, 0.2) is 11.5 Å². The number of methoxy groups -OCH3 is 2. The number of hydrogen-bond acceptors (Lipinski definition) is 6. The van der Waals surface area contributed by atoms with Crippen LogP contribution in [0, 0.1) is 6.92 Å². The minimum atomic E-state index is -0.368. The van der Waals surface area contributed by atoms with Crippen LogP contribution >= 0.6 is 0 Å². The number of carbonyl (C=O) groups excluding carboxylic acids is 1. The maximum Gasteiger partial charge on any atom is 0.263 e. The summed E-state index contributed by atoms with van der Waals surface area (Å²) in [5, 5.41) is 6.05. The van der Waals surface area contributed by atoms with Crippen LogP contribution in [0.25, 0.3) is 0 Å². The summed E-state index contributed by atoms with van der Waals surface area (Å²) in [6.07, 6.45) is 2.26. The number of benzene rings is 1. The summed E-state index contributed by atoms with van der Waals surface area (Å²) in [5.74, 6) is 0.933. The Labute approximate surface area is 176 Å². The van der Waals surface area contributed by atoms with Crippen LogP contribution in [0.3, 0.4) is 0 Å². The van der Waals surface area contributed by atoms with Crippen molar-refractivity contribution >= 4 is 5.91 Å². The molecule has 0 radical (unpaired) electrons. The van der Waals surface area contributed by atoms with Crippen LogP contribution in [-0.2, 0) is 17.7 Å². The Bertz CT molecular complexity index is 935. The number of ether oxygens (including phenoxy) is 3. The topological polar surface area (TPSA) is 90.8 Å². The smallest absolute Gasteiger partial charge is 0.263 e. The molecule has 1 aliphatic rings. The van der Waals surface area contributed by atoms with E-state index in [0.717, 1.165) is 12.1 Å². The van der Waals surface area contributed by atoms with Gasteiger partial charge >= 0.3 is 0 Å². The Kier molecular flexibility index (Phi) is 7.48. The van der Waals surface area contributed by atoms with Crippen LogP contribution in [-0.4, -0.2) is 57.0 Å². The second-order valence-electron chi connectivity index (χ2n) is 7.22. The third-order valence-electron chi connectivity index (χ3n) is 5.18.